The molecule has 0 aromatic carbocycles. The molecule has 2 rings (SSSR count). The molecule has 2 saturated heterocycles. The van der Waals surface area contributed by atoms with Crippen molar-refractivity contribution in [1.29, 1.82) is 0 Å². The van der Waals surface area contributed by atoms with Crippen LogP contribution in [-0.2, 0) is 4.79 Å². The molecule has 2 aliphatic rings. The van der Waals surface area contributed by atoms with E-state index in [0.29, 0.717) is 5.91 Å². The maximum atomic E-state index is 12.5. The molecule has 0 aromatic heterocycles. The van der Waals surface area contributed by atoms with Crippen LogP contribution in [0.1, 0.15) is 40.0 Å². The van der Waals surface area contributed by atoms with E-state index < -0.39 is 0 Å². The van der Waals surface area contributed by atoms with Gasteiger partial charge in [0, 0.05) is 19.6 Å². The number of piperidine rings is 1. The zero-order valence-corrected chi connectivity index (χ0v) is 10.8. The lowest BCUT2D eigenvalue weighted by Gasteiger charge is -2.41. The summed E-state index contributed by atoms with van der Waals surface area (Å²) in [6.07, 6.45) is 3.29. The number of amides is 1. The fourth-order valence-electron chi connectivity index (χ4n) is 3.02. The van der Waals surface area contributed by atoms with Crippen molar-refractivity contribution in [3.05, 3.63) is 0 Å². The molecule has 0 unspecified atom stereocenters. The van der Waals surface area contributed by atoms with Crippen molar-refractivity contribution in [3.8, 4) is 0 Å². The van der Waals surface area contributed by atoms with Crippen molar-refractivity contribution < 1.29 is 4.79 Å². The molecule has 16 heavy (non-hydrogen) atoms. The van der Waals surface area contributed by atoms with Gasteiger partial charge >= 0.3 is 0 Å². The maximum absolute atomic E-state index is 12.5. The molecular formula is C13H24N2O. The number of hydrogen-bond acceptors (Lipinski definition) is 2. The Bertz CT molecular complexity index is 274. The molecule has 1 spiro atoms. The molecule has 0 bridgehead atoms. The van der Waals surface area contributed by atoms with Crippen molar-refractivity contribution in [2.75, 3.05) is 26.2 Å². The van der Waals surface area contributed by atoms with Crippen LogP contribution < -0.4 is 5.32 Å². The van der Waals surface area contributed by atoms with Crippen LogP contribution in [0.2, 0.25) is 0 Å². The topological polar surface area (TPSA) is 32.3 Å². The lowest BCUT2D eigenvalue weighted by atomic mass is 9.77. The van der Waals surface area contributed by atoms with E-state index >= 15 is 0 Å². The van der Waals surface area contributed by atoms with E-state index in [-0.39, 0.29) is 10.8 Å². The highest BCUT2D eigenvalue weighted by molar-refractivity contribution is 5.84. The van der Waals surface area contributed by atoms with E-state index in [0.717, 1.165) is 39.0 Å². The zero-order valence-electron chi connectivity index (χ0n) is 10.8. The number of carbonyl (C=O) groups excluding carboxylic acids is 1. The summed E-state index contributed by atoms with van der Waals surface area (Å²) in [6, 6.07) is 0. The van der Waals surface area contributed by atoms with Gasteiger partial charge in [0.15, 0.2) is 0 Å². The molecule has 3 heteroatoms. The number of rotatable bonds is 1. The molecule has 2 aliphatic heterocycles. The molecule has 0 saturated carbocycles. The van der Waals surface area contributed by atoms with Gasteiger partial charge in [0.25, 0.3) is 0 Å². The Morgan fingerprint density at radius 2 is 2.12 bits per heavy atom. The van der Waals surface area contributed by atoms with Crippen LogP contribution in [-0.4, -0.2) is 37.0 Å². The first kappa shape index (κ1) is 11.9. The van der Waals surface area contributed by atoms with Gasteiger partial charge in [0.05, 0.1) is 5.41 Å². The molecule has 2 fully saturated rings. The van der Waals surface area contributed by atoms with Gasteiger partial charge in [0.1, 0.15) is 0 Å². The zero-order chi connectivity index (χ0) is 11.8. The average molecular weight is 224 g/mol. The second-order valence-electron chi connectivity index (χ2n) is 6.60. The minimum Gasteiger partial charge on any atom is -0.342 e. The molecule has 0 aliphatic carbocycles. The first-order valence-electron chi connectivity index (χ1n) is 6.43. The van der Waals surface area contributed by atoms with Gasteiger partial charge in [-0.25, -0.2) is 0 Å². The number of carbonyl (C=O) groups is 1. The quantitative estimate of drug-likeness (QED) is 0.734. The summed E-state index contributed by atoms with van der Waals surface area (Å²) in [7, 11) is 0. The molecule has 0 aromatic rings. The summed E-state index contributed by atoms with van der Waals surface area (Å²) in [6.45, 7) is 10.4. The minimum atomic E-state index is -0.0521. The fourth-order valence-corrected chi connectivity index (χ4v) is 3.02. The van der Waals surface area contributed by atoms with Crippen LogP contribution in [0, 0.1) is 10.8 Å². The summed E-state index contributed by atoms with van der Waals surface area (Å²) < 4.78 is 0. The molecule has 1 atom stereocenters. The Hall–Kier alpha value is -0.570. The van der Waals surface area contributed by atoms with E-state index in [1.165, 1.54) is 6.42 Å². The van der Waals surface area contributed by atoms with Crippen LogP contribution >= 0.6 is 0 Å². The Kier molecular flexibility index (Phi) is 2.99. The van der Waals surface area contributed by atoms with Crippen molar-refractivity contribution in [1.82, 2.24) is 10.2 Å². The highest BCUT2D eigenvalue weighted by atomic mass is 16.2. The number of nitrogens with one attached hydrogen (secondary N) is 1. The first-order chi connectivity index (χ1) is 7.43. The van der Waals surface area contributed by atoms with Gasteiger partial charge in [-0.1, -0.05) is 20.8 Å². The third kappa shape index (κ3) is 2.24. The normalized spacial score (nSPS) is 31.4. The van der Waals surface area contributed by atoms with Crippen LogP contribution in [0.15, 0.2) is 0 Å². The van der Waals surface area contributed by atoms with Crippen molar-refractivity contribution >= 4 is 5.91 Å². The largest absolute Gasteiger partial charge is 0.342 e. The average Bonchev–Trinajstić information content (AvgIpc) is 2.61. The Balaban J connectivity index is 2.08. The minimum absolute atomic E-state index is 0.0521. The Morgan fingerprint density at radius 1 is 1.38 bits per heavy atom. The monoisotopic (exact) mass is 224 g/mol. The van der Waals surface area contributed by atoms with E-state index in [9.17, 15) is 4.79 Å². The lowest BCUT2D eigenvalue weighted by Crippen LogP contribution is -2.51. The molecule has 1 amide bonds. The number of likely N-dealkylation sites (tertiary alicyclic amines) is 1. The number of nitrogens with zero attached hydrogens (tertiary/aromatic N) is 1. The molecular weight excluding hydrogens is 200 g/mol. The van der Waals surface area contributed by atoms with Crippen molar-refractivity contribution in [2.24, 2.45) is 10.8 Å². The Morgan fingerprint density at radius 3 is 2.69 bits per heavy atom. The van der Waals surface area contributed by atoms with Gasteiger partial charge < -0.3 is 10.2 Å². The summed E-state index contributed by atoms with van der Waals surface area (Å²) in [5.41, 5.74) is 0.156. The van der Waals surface area contributed by atoms with E-state index in [1.807, 2.05) is 0 Å². The van der Waals surface area contributed by atoms with Crippen LogP contribution in [0.25, 0.3) is 0 Å². The lowest BCUT2D eigenvalue weighted by molar-refractivity contribution is -0.146. The summed E-state index contributed by atoms with van der Waals surface area (Å²) in [4.78, 5) is 14.6. The molecule has 2 heterocycles. The predicted molar refractivity (Wildman–Crippen MR) is 65.2 cm³/mol. The van der Waals surface area contributed by atoms with Gasteiger partial charge in [-0.15, -0.1) is 0 Å². The standard InChI is InChI=1S/C13H24N2O/c1-12(2,3)10-15-8-4-5-13(11(15)16)6-7-14-9-13/h14H,4-10H2,1-3H3/t13-/m0/s1. The van der Waals surface area contributed by atoms with E-state index in [2.05, 4.69) is 31.0 Å². The highest BCUT2D eigenvalue weighted by Crippen LogP contribution is 2.37. The number of hydrogen-bond donors (Lipinski definition) is 1. The van der Waals surface area contributed by atoms with Crippen molar-refractivity contribution in [2.45, 2.75) is 40.0 Å². The van der Waals surface area contributed by atoms with Crippen molar-refractivity contribution in [3.63, 3.8) is 0 Å². The molecule has 3 nitrogen and oxygen atoms in total. The van der Waals surface area contributed by atoms with Gasteiger partial charge in [0.2, 0.25) is 5.91 Å². The summed E-state index contributed by atoms with van der Waals surface area (Å²) in [5.74, 6) is 0.402. The Labute approximate surface area is 98.6 Å². The van der Waals surface area contributed by atoms with Crippen LogP contribution in [0.4, 0.5) is 0 Å². The second-order valence-corrected chi connectivity index (χ2v) is 6.60. The summed E-state index contributed by atoms with van der Waals surface area (Å²) in [5, 5.41) is 3.35. The molecule has 1 N–H and O–H groups in total. The van der Waals surface area contributed by atoms with E-state index in [1.54, 1.807) is 0 Å². The van der Waals surface area contributed by atoms with Gasteiger partial charge in [-0.2, -0.15) is 0 Å². The smallest absolute Gasteiger partial charge is 0.230 e. The third-order valence-corrected chi connectivity index (χ3v) is 3.73. The van der Waals surface area contributed by atoms with E-state index in [4.69, 9.17) is 0 Å². The molecule has 0 radical (unpaired) electrons. The predicted octanol–water partition coefficient (Wildman–Crippen LogP) is 1.63. The van der Waals surface area contributed by atoms with Crippen LogP contribution in [0.3, 0.4) is 0 Å². The summed E-state index contributed by atoms with van der Waals surface area (Å²) >= 11 is 0. The molecule has 92 valence electrons. The third-order valence-electron chi connectivity index (χ3n) is 3.73. The first-order valence-corrected chi connectivity index (χ1v) is 6.43. The van der Waals surface area contributed by atoms with Gasteiger partial charge in [-0.3, -0.25) is 4.79 Å². The SMILES string of the molecule is CC(C)(C)CN1CCC[C@@]2(CCNC2)C1=O. The fraction of sp³-hybridized carbons (Fsp3) is 0.923. The highest BCUT2D eigenvalue weighted by Gasteiger charge is 2.46. The van der Waals surface area contributed by atoms with Gasteiger partial charge in [-0.05, 0) is 31.2 Å². The second kappa shape index (κ2) is 4.02. The van der Waals surface area contributed by atoms with Crippen LogP contribution in [0.5, 0.6) is 0 Å². The maximum Gasteiger partial charge on any atom is 0.230 e.